The van der Waals surface area contributed by atoms with Crippen LogP contribution in [0.25, 0.3) is 0 Å². The van der Waals surface area contributed by atoms with E-state index >= 15 is 0 Å². The minimum absolute atomic E-state index is 0.715. The van der Waals surface area contributed by atoms with Crippen molar-refractivity contribution in [2.24, 2.45) is 0 Å². The van der Waals surface area contributed by atoms with Gasteiger partial charge in [0.1, 0.15) is 0 Å². The predicted octanol–water partition coefficient (Wildman–Crippen LogP) is 4.02. The number of nitrogens with one attached hydrogen (secondary N) is 1. The van der Waals surface area contributed by atoms with Crippen LogP contribution >= 0.6 is 15.9 Å². The molecule has 0 unspecified atom stereocenters. The molecule has 0 heterocycles. The highest BCUT2D eigenvalue weighted by Gasteiger charge is 2.30. The summed E-state index contributed by atoms with van der Waals surface area (Å²) in [5.41, 5.74) is 1.48. The van der Waals surface area contributed by atoms with Gasteiger partial charge in [0.25, 0.3) is 0 Å². The summed E-state index contributed by atoms with van der Waals surface area (Å²) in [6.45, 7) is 9.20. The molecule has 1 aliphatic rings. The van der Waals surface area contributed by atoms with Crippen LogP contribution in [0.3, 0.4) is 0 Å². The Morgan fingerprint density at radius 1 is 1.20 bits per heavy atom. The summed E-state index contributed by atoms with van der Waals surface area (Å²) < 4.78 is 1.27. The second kappa shape index (κ2) is 8.16. The fourth-order valence-corrected chi connectivity index (χ4v) is 3.62. The topological polar surface area (TPSA) is 15.3 Å². The van der Waals surface area contributed by atoms with Crippen molar-refractivity contribution in [3.8, 4) is 0 Å². The highest BCUT2D eigenvalue weighted by Crippen LogP contribution is 2.39. The van der Waals surface area contributed by atoms with E-state index in [1.165, 1.54) is 48.9 Å². The Labute approximate surface area is 132 Å². The molecule has 0 spiro atoms. The standard InChI is InChI=1S/C17H27BrN2/c1-3-10-20(4-2)11-9-19-15-12-14(13-15)16-7-5-6-8-17(16)18/h5-8,14-15,19H,3-4,9-13H2,1-2H3. The first-order valence-corrected chi connectivity index (χ1v) is 8.74. The minimum Gasteiger partial charge on any atom is -0.313 e. The SMILES string of the molecule is CCCN(CC)CCNC1CC(c2ccccc2Br)C1. The van der Waals surface area contributed by atoms with Gasteiger partial charge in [-0.2, -0.15) is 0 Å². The normalized spacial score (nSPS) is 22.0. The smallest absolute Gasteiger partial charge is 0.0210 e. The van der Waals surface area contributed by atoms with Crippen LogP contribution < -0.4 is 5.32 Å². The number of hydrogen-bond donors (Lipinski definition) is 1. The molecular weight excluding hydrogens is 312 g/mol. The molecule has 3 heteroatoms. The first-order valence-electron chi connectivity index (χ1n) is 7.94. The Bertz CT molecular complexity index is 402. The summed E-state index contributed by atoms with van der Waals surface area (Å²) in [6.07, 6.45) is 3.81. The third-order valence-corrected chi connectivity index (χ3v) is 5.05. The van der Waals surface area contributed by atoms with Gasteiger partial charge in [0.05, 0.1) is 0 Å². The van der Waals surface area contributed by atoms with E-state index < -0.39 is 0 Å². The van der Waals surface area contributed by atoms with Crippen LogP contribution in [-0.4, -0.2) is 37.1 Å². The summed E-state index contributed by atoms with van der Waals surface area (Å²) in [7, 11) is 0. The van der Waals surface area contributed by atoms with Crippen molar-refractivity contribution >= 4 is 15.9 Å². The van der Waals surface area contributed by atoms with Gasteiger partial charge in [0.2, 0.25) is 0 Å². The van der Waals surface area contributed by atoms with Crippen LogP contribution in [0.15, 0.2) is 28.7 Å². The second-order valence-corrected chi connectivity index (χ2v) is 6.63. The van der Waals surface area contributed by atoms with Crippen LogP contribution in [0, 0.1) is 0 Å². The Balaban J connectivity index is 1.66. The zero-order valence-electron chi connectivity index (χ0n) is 12.7. The molecule has 0 aromatic heterocycles. The van der Waals surface area contributed by atoms with Crippen LogP contribution in [-0.2, 0) is 0 Å². The molecule has 0 aliphatic heterocycles. The molecule has 0 atom stereocenters. The molecule has 2 rings (SSSR count). The summed E-state index contributed by atoms with van der Waals surface area (Å²) in [5.74, 6) is 0.737. The van der Waals surface area contributed by atoms with Gasteiger partial charge in [0, 0.05) is 23.6 Å². The lowest BCUT2D eigenvalue weighted by atomic mass is 9.76. The van der Waals surface area contributed by atoms with E-state index in [4.69, 9.17) is 0 Å². The molecule has 0 saturated heterocycles. The Morgan fingerprint density at radius 3 is 2.60 bits per heavy atom. The third-order valence-electron chi connectivity index (χ3n) is 4.33. The fraction of sp³-hybridized carbons (Fsp3) is 0.647. The largest absolute Gasteiger partial charge is 0.313 e. The highest BCUT2D eigenvalue weighted by molar-refractivity contribution is 9.10. The molecule has 1 saturated carbocycles. The van der Waals surface area contributed by atoms with Gasteiger partial charge >= 0.3 is 0 Å². The second-order valence-electron chi connectivity index (χ2n) is 5.78. The van der Waals surface area contributed by atoms with Gasteiger partial charge < -0.3 is 10.2 Å². The molecule has 1 fully saturated rings. The molecule has 1 aliphatic carbocycles. The van der Waals surface area contributed by atoms with Crippen LogP contribution in [0.5, 0.6) is 0 Å². The molecule has 0 bridgehead atoms. The average molecular weight is 339 g/mol. The van der Waals surface area contributed by atoms with Crippen molar-refractivity contribution < 1.29 is 0 Å². The molecule has 1 aromatic rings. The van der Waals surface area contributed by atoms with Crippen molar-refractivity contribution in [3.63, 3.8) is 0 Å². The lowest BCUT2D eigenvalue weighted by Crippen LogP contribution is -2.43. The maximum atomic E-state index is 3.70. The number of nitrogens with zero attached hydrogens (tertiary/aromatic N) is 1. The lowest BCUT2D eigenvalue weighted by Gasteiger charge is -2.37. The molecule has 112 valence electrons. The van der Waals surface area contributed by atoms with Gasteiger partial charge in [-0.05, 0) is 49.9 Å². The van der Waals surface area contributed by atoms with Gasteiger partial charge in [-0.15, -0.1) is 0 Å². The van der Waals surface area contributed by atoms with E-state index in [0.29, 0.717) is 6.04 Å². The molecular formula is C17H27BrN2. The quantitative estimate of drug-likeness (QED) is 0.770. The first kappa shape index (κ1) is 16.0. The number of rotatable bonds is 8. The summed E-state index contributed by atoms with van der Waals surface area (Å²) in [6, 6.07) is 9.36. The van der Waals surface area contributed by atoms with Crippen LogP contribution in [0.2, 0.25) is 0 Å². The molecule has 1 N–H and O–H groups in total. The van der Waals surface area contributed by atoms with Gasteiger partial charge in [-0.25, -0.2) is 0 Å². The molecule has 1 aromatic carbocycles. The molecule has 2 nitrogen and oxygen atoms in total. The Morgan fingerprint density at radius 2 is 1.95 bits per heavy atom. The van der Waals surface area contributed by atoms with Crippen molar-refractivity contribution in [1.82, 2.24) is 10.2 Å². The van der Waals surface area contributed by atoms with E-state index in [1.807, 2.05) is 0 Å². The van der Waals surface area contributed by atoms with Crippen LogP contribution in [0.1, 0.15) is 44.6 Å². The summed E-state index contributed by atoms with van der Waals surface area (Å²) in [4.78, 5) is 2.52. The van der Waals surface area contributed by atoms with Crippen molar-refractivity contribution in [1.29, 1.82) is 0 Å². The highest BCUT2D eigenvalue weighted by atomic mass is 79.9. The van der Waals surface area contributed by atoms with Gasteiger partial charge in [-0.3, -0.25) is 0 Å². The first-order chi connectivity index (χ1) is 9.74. The monoisotopic (exact) mass is 338 g/mol. The minimum atomic E-state index is 0.715. The maximum Gasteiger partial charge on any atom is 0.0210 e. The van der Waals surface area contributed by atoms with Crippen LogP contribution in [0.4, 0.5) is 0 Å². The number of hydrogen-bond acceptors (Lipinski definition) is 2. The van der Waals surface area contributed by atoms with E-state index in [2.05, 4.69) is 64.3 Å². The zero-order valence-corrected chi connectivity index (χ0v) is 14.3. The zero-order chi connectivity index (χ0) is 14.4. The van der Waals surface area contributed by atoms with E-state index in [-0.39, 0.29) is 0 Å². The molecule has 0 amide bonds. The number of likely N-dealkylation sites (N-methyl/N-ethyl adjacent to an activating group) is 1. The Kier molecular flexibility index (Phi) is 6.53. The molecule has 0 radical (unpaired) electrons. The summed E-state index contributed by atoms with van der Waals surface area (Å²) >= 11 is 3.66. The summed E-state index contributed by atoms with van der Waals surface area (Å²) in [5, 5.41) is 3.70. The van der Waals surface area contributed by atoms with Crippen molar-refractivity contribution in [2.75, 3.05) is 26.2 Å². The third kappa shape index (κ3) is 4.31. The number of halogens is 1. The average Bonchev–Trinajstić information content (AvgIpc) is 2.41. The maximum absolute atomic E-state index is 3.70. The van der Waals surface area contributed by atoms with E-state index in [9.17, 15) is 0 Å². The fourth-order valence-electron chi connectivity index (χ4n) is 3.02. The molecule has 20 heavy (non-hydrogen) atoms. The predicted molar refractivity (Wildman–Crippen MR) is 90.3 cm³/mol. The lowest BCUT2D eigenvalue weighted by molar-refractivity contribution is 0.249. The van der Waals surface area contributed by atoms with Crippen molar-refractivity contribution in [3.05, 3.63) is 34.3 Å². The van der Waals surface area contributed by atoms with Gasteiger partial charge in [-0.1, -0.05) is 48.0 Å². The number of benzene rings is 1. The van der Waals surface area contributed by atoms with Gasteiger partial charge in [0.15, 0.2) is 0 Å². The van der Waals surface area contributed by atoms with E-state index in [1.54, 1.807) is 0 Å². The van der Waals surface area contributed by atoms with Crippen molar-refractivity contribution in [2.45, 2.75) is 45.1 Å². The van der Waals surface area contributed by atoms with E-state index in [0.717, 1.165) is 12.5 Å². The Hall–Kier alpha value is -0.380.